The van der Waals surface area contributed by atoms with Gasteiger partial charge in [0.2, 0.25) is 5.91 Å². The van der Waals surface area contributed by atoms with E-state index in [1.807, 2.05) is 37.3 Å². The first-order valence-corrected chi connectivity index (χ1v) is 9.75. The number of fused-ring (bicyclic) bond motifs is 1. The number of benzene rings is 1. The van der Waals surface area contributed by atoms with Gasteiger partial charge in [0, 0.05) is 17.5 Å². The van der Waals surface area contributed by atoms with Gasteiger partial charge in [-0.05, 0) is 80.8 Å². The Kier molecular flexibility index (Phi) is 3.41. The van der Waals surface area contributed by atoms with Crippen LogP contribution in [0.5, 0.6) is 0 Å². The van der Waals surface area contributed by atoms with E-state index in [4.69, 9.17) is 0 Å². The molecular formula is C22H26N2O. The minimum Gasteiger partial charge on any atom is -0.325 e. The summed E-state index contributed by atoms with van der Waals surface area (Å²) in [6.45, 7) is 1.99. The number of hydrogen-bond donors (Lipinski definition) is 1. The second-order valence-corrected chi connectivity index (χ2v) is 8.97. The molecule has 4 aliphatic carbocycles. The maximum absolute atomic E-state index is 12.9. The predicted octanol–water partition coefficient (Wildman–Crippen LogP) is 5.09. The van der Waals surface area contributed by atoms with Crippen molar-refractivity contribution >= 4 is 22.5 Å². The zero-order valence-corrected chi connectivity index (χ0v) is 14.9. The number of hydrogen-bond acceptors (Lipinski definition) is 2. The molecule has 4 saturated carbocycles. The molecule has 0 spiro atoms. The molecule has 6 rings (SSSR count). The van der Waals surface area contributed by atoms with Crippen LogP contribution in [0.3, 0.4) is 0 Å². The number of para-hydroxylation sites is 1. The third-order valence-electron chi connectivity index (χ3n) is 6.82. The summed E-state index contributed by atoms with van der Waals surface area (Å²) < 4.78 is 0. The molecule has 1 heterocycles. The lowest BCUT2D eigenvalue weighted by Crippen LogP contribution is -2.47. The van der Waals surface area contributed by atoms with Gasteiger partial charge in [0.05, 0.1) is 11.2 Å². The Morgan fingerprint density at radius 2 is 1.76 bits per heavy atom. The molecule has 4 aliphatic rings. The third kappa shape index (κ3) is 2.74. The van der Waals surface area contributed by atoms with Gasteiger partial charge in [-0.15, -0.1) is 0 Å². The summed E-state index contributed by atoms with van der Waals surface area (Å²) in [5.41, 5.74) is 3.10. The molecule has 3 nitrogen and oxygen atoms in total. The number of nitrogens with zero attached hydrogens (tertiary/aromatic N) is 1. The number of aryl methyl sites for hydroxylation is 1. The normalized spacial score (nSPS) is 32.9. The molecule has 25 heavy (non-hydrogen) atoms. The van der Waals surface area contributed by atoms with Crippen LogP contribution in [-0.4, -0.2) is 10.9 Å². The van der Waals surface area contributed by atoms with Crippen LogP contribution in [0.25, 0.3) is 10.9 Å². The van der Waals surface area contributed by atoms with E-state index in [1.54, 1.807) is 0 Å². The Balaban J connectivity index is 1.38. The SMILES string of the molecule is Cc1cc(NC(=O)CC23CC4CC(CC(C4)C2)C3)c2ccccc2n1. The van der Waals surface area contributed by atoms with E-state index in [-0.39, 0.29) is 11.3 Å². The van der Waals surface area contributed by atoms with Gasteiger partial charge in [-0.2, -0.15) is 0 Å². The first-order chi connectivity index (χ1) is 12.1. The Morgan fingerprint density at radius 3 is 2.44 bits per heavy atom. The molecule has 3 heteroatoms. The van der Waals surface area contributed by atoms with Crippen LogP contribution in [0, 0.1) is 30.1 Å². The van der Waals surface area contributed by atoms with Crippen molar-refractivity contribution in [1.82, 2.24) is 4.98 Å². The van der Waals surface area contributed by atoms with Crippen LogP contribution in [-0.2, 0) is 4.79 Å². The number of carbonyl (C=O) groups is 1. The van der Waals surface area contributed by atoms with E-state index >= 15 is 0 Å². The molecule has 4 fully saturated rings. The third-order valence-corrected chi connectivity index (χ3v) is 6.82. The van der Waals surface area contributed by atoms with Gasteiger partial charge in [0.25, 0.3) is 0 Å². The van der Waals surface area contributed by atoms with Gasteiger partial charge in [-0.3, -0.25) is 9.78 Å². The molecule has 0 aliphatic heterocycles. The van der Waals surface area contributed by atoms with Crippen molar-refractivity contribution in [1.29, 1.82) is 0 Å². The van der Waals surface area contributed by atoms with Gasteiger partial charge in [-0.25, -0.2) is 0 Å². The van der Waals surface area contributed by atoms with Gasteiger partial charge in [0.1, 0.15) is 0 Å². The van der Waals surface area contributed by atoms with Gasteiger partial charge >= 0.3 is 0 Å². The maximum atomic E-state index is 12.9. The summed E-state index contributed by atoms with van der Waals surface area (Å²) in [6, 6.07) is 10.1. The fourth-order valence-corrected chi connectivity index (χ4v) is 6.45. The first-order valence-electron chi connectivity index (χ1n) is 9.75. The highest BCUT2D eigenvalue weighted by atomic mass is 16.1. The second kappa shape index (κ2) is 5.55. The van der Waals surface area contributed by atoms with Crippen LogP contribution in [0.15, 0.2) is 30.3 Å². The number of rotatable bonds is 3. The zero-order valence-electron chi connectivity index (χ0n) is 14.9. The van der Waals surface area contributed by atoms with E-state index in [1.165, 1.54) is 38.5 Å². The minimum absolute atomic E-state index is 0.192. The Hall–Kier alpha value is -1.90. The maximum Gasteiger partial charge on any atom is 0.224 e. The summed E-state index contributed by atoms with van der Waals surface area (Å²) in [7, 11) is 0. The first kappa shape index (κ1) is 15.4. The van der Waals surface area contributed by atoms with Crippen LogP contribution in [0.1, 0.15) is 50.6 Å². The second-order valence-electron chi connectivity index (χ2n) is 8.97. The van der Waals surface area contributed by atoms with Gasteiger partial charge < -0.3 is 5.32 Å². The summed E-state index contributed by atoms with van der Waals surface area (Å²) in [4.78, 5) is 17.5. The number of carbonyl (C=O) groups excluding carboxylic acids is 1. The topological polar surface area (TPSA) is 42.0 Å². The summed E-state index contributed by atoms with van der Waals surface area (Å²) >= 11 is 0. The molecule has 1 aromatic carbocycles. The lowest BCUT2D eigenvalue weighted by Gasteiger charge is -2.56. The van der Waals surface area contributed by atoms with Crippen molar-refractivity contribution in [2.45, 2.75) is 51.9 Å². The van der Waals surface area contributed by atoms with Crippen molar-refractivity contribution in [3.63, 3.8) is 0 Å². The molecule has 0 radical (unpaired) electrons. The van der Waals surface area contributed by atoms with Gasteiger partial charge in [-0.1, -0.05) is 18.2 Å². The van der Waals surface area contributed by atoms with Crippen LogP contribution in [0.4, 0.5) is 5.69 Å². The largest absolute Gasteiger partial charge is 0.325 e. The summed E-state index contributed by atoms with van der Waals surface area (Å²) in [5, 5.41) is 4.26. The van der Waals surface area contributed by atoms with E-state index < -0.39 is 0 Å². The molecule has 1 N–H and O–H groups in total. The lowest BCUT2D eigenvalue weighted by atomic mass is 9.49. The number of anilines is 1. The standard InChI is InChI=1S/C22H26N2O/c1-14-6-20(18-4-2-3-5-19(18)23-14)24-21(25)13-22-10-15-7-16(11-22)9-17(8-15)12-22/h2-6,15-17H,7-13H2,1H3,(H,23,24,25). The van der Waals surface area contributed by atoms with Crippen molar-refractivity contribution in [2.75, 3.05) is 5.32 Å². The molecule has 1 aromatic heterocycles. The van der Waals surface area contributed by atoms with Crippen LogP contribution < -0.4 is 5.32 Å². The van der Waals surface area contributed by atoms with Crippen LogP contribution in [0.2, 0.25) is 0 Å². The van der Waals surface area contributed by atoms with Crippen molar-refractivity contribution in [2.24, 2.45) is 23.2 Å². The zero-order chi connectivity index (χ0) is 17.0. The molecule has 0 unspecified atom stereocenters. The number of amides is 1. The average molecular weight is 334 g/mol. The molecule has 0 saturated heterocycles. The molecule has 4 bridgehead atoms. The fraction of sp³-hybridized carbons (Fsp3) is 0.545. The predicted molar refractivity (Wildman–Crippen MR) is 100 cm³/mol. The Bertz CT molecular complexity index is 806. The number of aromatic nitrogens is 1. The quantitative estimate of drug-likeness (QED) is 0.849. The van der Waals surface area contributed by atoms with E-state index in [2.05, 4.69) is 10.3 Å². The highest BCUT2D eigenvalue weighted by molar-refractivity contribution is 6.01. The number of nitrogens with one attached hydrogen (secondary N) is 1. The molecule has 130 valence electrons. The van der Waals surface area contributed by atoms with Crippen molar-refractivity contribution in [3.8, 4) is 0 Å². The van der Waals surface area contributed by atoms with Crippen molar-refractivity contribution < 1.29 is 4.79 Å². The fourth-order valence-electron chi connectivity index (χ4n) is 6.45. The monoisotopic (exact) mass is 334 g/mol. The Labute approximate surface area is 149 Å². The van der Waals surface area contributed by atoms with E-state index in [0.29, 0.717) is 6.42 Å². The summed E-state index contributed by atoms with van der Waals surface area (Å²) in [5.74, 6) is 2.87. The highest BCUT2D eigenvalue weighted by Crippen LogP contribution is 2.61. The molecule has 0 atom stereocenters. The van der Waals surface area contributed by atoms with Crippen LogP contribution >= 0.6 is 0 Å². The smallest absolute Gasteiger partial charge is 0.224 e. The molecular weight excluding hydrogens is 308 g/mol. The molecule has 2 aromatic rings. The average Bonchev–Trinajstić information content (AvgIpc) is 2.52. The van der Waals surface area contributed by atoms with E-state index in [0.717, 1.165) is 40.0 Å². The lowest BCUT2D eigenvalue weighted by molar-refractivity contribution is -0.124. The Morgan fingerprint density at radius 1 is 1.12 bits per heavy atom. The minimum atomic E-state index is 0.192. The van der Waals surface area contributed by atoms with E-state index in [9.17, 15) is 4.79 Å². The highest BCUT2D eigenvalue weighted by Gasteiger charge is 2.51. The van der Waals surface area contributed by atoms with Gasteiger partial charge in [0.15, 0.2) is 0 Å². The van der Waals surface area contributed by atoms with Crippen molar-refractivity contribution in [3.05, 3.63) is 36.0 Å². The molecule has 1 amide bonds. The summed E-state index contributed by atoms with van der Waals surface area (Å²) in [6.07, 6.45) is 8.82. The number of pyridine rings is 1.